The summed E-state index contributed by atoms with van der Waals surface area (Å²) in [6.07, 6.45) is 1.28. The van der Waals surface area contributed by atoms with E-state index >= 15 is 0 Å². The summed E-state index contributed by atoms with van der Waals surface area (Å²) in [6.45, 7) is 1.78. The number of aliphatic hydroxyl groups is 1. The highest BCUT2D eigenvalue weighted by molar-refractivity contribution is 5.93. The van der Waals surface area contributed by atoms with E-state index in [0.29, 0.717) is 0 Å². The number of carbonyl (C=O) groups is 1. The first-order valence-electron chi connectivity index (χ1n) is 2.78. The van der Waals surface area contributed by atoms with Gasteiger partial charge < -0.3 is 9.84 Å². The zero-order valence-electron chi connectivity index (χ0n) is 5.13. The average Bonchev–Trinajstić information content (AvgIpc) is 1.80. The smallest absolute Gasteiger partial charge is 0.204 e. The molecule has 0 saturated carbocycles. The molecule has 0 aromatic heterocycles. The normalized spacial score (nSPS) is 27.0. The molecule has 1 atom stereocenters. The van der Waals surface area contributed by atoms with Crippen molar-refractivity contribution in [1.82, 2.24) is 0 Å². The van der Waals surface area contributed by atoms with E-state index in [1.54, 1.807) is 6.92 Å². The lowest BCUT2D eigenvalue weighted by Crippen LogP contribution is -2.18. The molecule has 0 fully saturated rings. The number of allylic oxidation sites excluding steroid dienone is 1. The van der Waals surface area contributed by atoms with Crippen molar-refractivity contribution in [2.45, 2.75) is 19.4 Å². The minimum Gasteiger partial charge on any atom is -0.502 e. The SMILES string of the molecule is CC1CC(=O)C(O)=CO1. The predicted molar refractivity (Wildman–Crippen MR) is 30.9 cm³/mol. The topological polar surface area (TPSA) is 46.5 Å². The third kappa shape index (κ3) is 1.22. The van der Waals surface area contributed by atoms with Gasteiger partial charge in [-0.15, -0.1) is 0 Å². The number of aliphatic hydroxyl groups excluding tert-OH is 1. The van der Waals surface area contributed by atoms with E-state index in [1.165, 1.54) is 0 Å². The summed E-state index contributed by atoms with van der Waals surface area (Å²) in [6, 6.07) is 0. The van der Waals surface area contributed by atoms with Gasteiger partial charge in [0.1, 0.15) is 12.4 Å². The van der Waals surface area contributed by atoms with Gasteiger partial charge in [-0.1, -0.05) is 0 Å². The van der Waals surface area contributed by atoms with Crippen LogP contribution in [0.2, 0.25) is 0 Å². The van der Waals surface area contributed by atoms with Gasteiger partial charge >= 0.3 is 0 Å². The van der Waals surface area contributed by atoms with E-state index in [4.69, 9.17) is 9.84 Å². The molecule has 9 heavy (non-hydrogen) atoms. The molecule has 0 aliphatic carbocycles. The van der Waals surface area contributed by atoms with Gasteiger partial charge in [-0.25, -0.2) is 0 Å². The van der Waals surface area contributed by atoms with Crippen molar-refractivity contribution in [3.05, 3.63) is 12.0 Å². The molecule has 0 saturated heterocycles. The molecule has 3 nitrogen and oxygen atoms in total. The number of rotatable bonds is 0. The maximum absolute atomic E-state index is 10.6. The molecule has 50 valence electrons. The summed E-state index contributed by atoms with van der Waals surface area (Å²) in [5.74, 6) is -0.512. The lowest BCUT2D eigenvalue weighted by molar-refractivity contribution is -0.121. The van der Waals surface area contributed by atoms with E-state index in [0.717, 1.165) is 6.26 Å². The van der Waals surface area contributed by atoms with Crippen LogP contribution in [0.5, 0.6) is 0 Å². The van der Waals surface area contributed by atoms with Gasteiger partial charge in [-0.05, 0) is 6.92 Å². The molecular formula is C6H8O3. The fourth-order valence-corrected chi connectivity index (χ4v) is 0.660. The molecule has 0 radical (unpaired) electrons. The Hall–Kier alpha value is -0.990. The predicted octanol–water partition coefficient (Wildman–Crippen LogP) is 0.764. The average molecular weight is 128 g/mol. The number of ketones is 1. The van der Waals surface area contributed by atoms with Gasteiger partial charge in [-0.3, -0.25) is 4.79 Å². The highest BCUT2D eigenvalue weighted by Crippen LogP contribution is 2.10. The molecule has 0 bridgehead atoms. The molecule has 1 N–H and O–H groups in total. The van der Waals surface area contributed by atoms with Crippen molar-refractivity contribution in [2.75, 3.05) is 0 Å². The Balaban J connectivity index is 2.68. The minimum absolute atomic E-state index is 0.0894. The van der Waals surface area contributed by atoms with Gasteiger partial charge in [0.25, 0.3) is 0 Å². The van der Waals surface area contributed by atoms with Crippen LogP contribution >= 0.6 is 0 Å². The lowest BCUT2D eigenvalue weighted by Gasteiger charge is -2.14. The quantitative estimate of drug-likeness (QED) is 0.524. The van der Waals surface area contributed by atoms with E-state index in [1.807, 2.05) is 0 Å². The Morgan fingerprint density at radius 3 is 3.00 bits per heavy atom. The number of Topliss-reactive ketones (excluding diaryl/α,β-unsaturated/α-hetero) is 1. The van der Waals surface area contributed by atoms with E-state index in [2.05, 4.69) is 0 Å². The second-order valence-electron chi connectivity index (χ2n) is 2.08. The van der Waals surface area contributed by atoms with Crippen LogP contribution in [0.25, 0.3) is 0 Å². The molecule has 0 aromatic rings. The van der Waals surface area contributed by atoms with Crippen LogP contribution < -0.4 is 0 Å². The number of hydrogen-bond donors (Lipinski definition) is 1. The number of hydrogen-bond acceptors (Lipinski definition) is 3. The van der Waals surface area contributed by atoms with Crippen LogP contribution in [0, 0.1) is 0 Å². The number of ether oxygens (including phenoxy) is 1. The minimum atomic E-state index is -0.270. The summed E-state index contributed by atoms with van der Waals surface area (Å²) >= 11 is 0. The van der Waals surface area contributed by atoms with Crippen molar-refractivity contribution in [1.29, 1.82) is 0 Å². The first kappa shape index (κ1) is 6.13. The zero-order valence-corrected chi connectivity index (χ0v) is 5.13. The summed E-state index contributed by atoms with van der Waals surface area (Å²) in [5, 5.41) is 8.68. The maximum Gasteiger partial charge on any atom is 0.204 e. The van der Waals surface area contributed by atoms with Crippen LogP contribution in [-0.2, 0) is 9.53 Å². The molecule has 1 heterocycles. The molecule has 1 unspecified atom stereocenters. The van der Waals surface area contributed by atoms with E-state index in [-0.39, 0.29) is 24.1 Å². The van der Waals surface area contributed by atoms with Gasteiger partial charge in [0.2, 0.25) is 5.78 Å². The van der Waals surface area contributed by atoms with Gasteiger partial charge in [0.05, 0.1) is 6.42 Å². The third-order valence-corrected chi connectivity index (χ3v) is 1.17. The van der Waals surface area contributed by atoms with Crippen LogP contribution in [0.1, 0.15) is 13.3 Å². The summed E-state index contributed by atoms with van der Waals surface area (Å²) in [7, 11) is 0. The first-order valence-corrected chi connectivity index (χ1v) is 2.78. The van der Waals surface area contributed by atoms with Crippen molar-refractivity contribution in [3.63, 3.8) is 0 Å². The standard InChI is InChI=1S/C6H8O3/c1-4-2-5(7)6(8)3-9-4/h3-4,8H,2H2,1H3. The third-order valence-electron chi connectivity index (χ3n) is 1.17. The zero-order chi connectivity index (χ0) is 6.85. The Bertz CT molecular complexity index is 160. The highest BCUT2D eigenvalue weighted by atomic mass is 16.5. The Morgan fingerprint density at radius 2 is 2.56 bits per heavy atom. The van der Waals surface area contributed by atoms with Crippen LogP contribution in [0.3, 0.4) is 0 Å². The van der Waals surface area contributed by atoms with Crippen molar-refractivity contribution in [3.8, 4) is 0 Å². The Labute approximate surface area is 52.9 Å². The van der Waals surface area contributed by atoms with Crippen LogP contribution in [0.15, 0.2) is 12.0 Å². The molecule has 1 rings (SSSR count). The summed E-state index contributed by atoms with van der Waals surface area (Å²) < 4.78 is 4.83. The molecule has 0 amide bonds. The van der Waals surface area contributed by atoms with Crippen molar-refractivity contribution < 1.29 is 14.6 Å². The lowest BCUT2D eigenvalue weighted by atomic mass is 10.1. The van der Waals surface area contributed by atoms with Crippen molar-refractivity contribution >= 4 is 5.78 Å². The van der Waals surface area contributed by atoms with Gasteiger partial charge in [0.15, 0.2) is 5.76 Å². The second kappa shape index (κ2) is 2.09. The summed E-state index contributed by atoms with van der Waals surface area (Å²) in [5.41, 5.74) is 0. The van der Waals surface area contributed by atoms with Crippen LogP contribution in [0.4, 0.5) is 0 Å². The molecule has 1 aliphatic rings. The Morgan fingerprint density at radius 1 is 1.89 bits per heavy atom. The second-order valence-corrected chi connectivity index (χ2v) is 2.08. The van der Waals surface area contributed by atoms with Gasteiger partial charge in [0, 0.05) is 0 Å². The fraction of sp³-hybridized carbons (Fsp3) is 0.500. The van der Waals surface area contributed by atoms with Gasteiger partial charge in [-0.2, -0.15) is 0 Å². The Kier molecular flexibility index (Phi) is 1.42. The van der Waals surface area contributed by atoms with Crippen molar-refractivity contribution in [2.24, 2.45) is 0 Å². The monoisotopic (exact) mass is 128 g/mol. The molecular weight excluding hydrogens is 120 g/mol. The molecule has 0 spiro atoms. The maximum atomic E-state index is 10.6. The summed E-state index contributed by atoms with van der Waals surface area (Å²) in [4.78, 5) is 10.6. The number of carbonyl (C=O) groups excluding carboxylic acids is 1. The largest absolute Gasteiger partial charge is 0.502 e. The van der Waals surface area contributed by atoms with Crippen LogP contribution in [-0.4, -0.2) is 17.0 Å². The first-order chi connectivity index (χ1) is 4.20. The molecule has 1 aliphatic heterocycles. The molecule has 0 aromatic carbocycles. The fourth-order valence-electron chi connectivity index (χ4n) is 0.660. The highest BCUT2D eigenvalue weighted by Gasteiger charge is 2.18. The molecule has 3 heteroatoms. The van der Waals surface area contributed by atoms with E-state index < -0.39 is 0 Å². The van der Waals surface area contributed by atoms with E-state index in [9.17, 15) is 4.79 Å².